The molecule has 2 heterocycles. The van der Waals surface area contributed by atoms with Gasteiger partial charge >= 0.3 is 0 Å². The summed E-state index contributed by atoms with van der Waals surface area (Å²) < 4.78 is 0. The monoisotopic (exact) mass is 350 g/mol. The van der Waals surface area contributed by atoms with Crippen LogP contribution in [0, 0.1) is 11.8 Å². The van der Waals surface area contributed by atoms with Crippen molar-refractivity contribution in [2.75, 3.05) is 39.3 Å². The number of halogens is 1. The zero-order chi connectivity index (χ0) is 16.9. The number of nitrogens with zero attached hydrogens (tertiary/aromatic N) is 2. The lowest BCUT2D eigenvalue weighted by Crippen LogP contribution is -2.37. The van der Waals surface area contributed by atoms with E-state index < -0.39 is 0 Å². The van der Waals surface area contributed by atoms with E-state index in [1.54, 1.807) is 0 Å². The largest absolute Gasteiger partial charge is 0.396 e. The summed E-state index contributed by atoms with van der Waals surface area (Å²) in [4.78, 5) is 17.0. The van der Waals surface area contributed by atoms with Gasteiger partial charge in [-0.15, -0.1) is 0 Å². The molecule has 0 aromatic heterocycles. The average Bonchev–Trinajstić information content (AvgIpc) is 3.01. The summed E-state index contributed by atoms with van der Waals surface area (Å²) >= 11 is 5.90. The SMILES string of the molecule is O=C(Cc1ccc(Cl)cc1)N1C[C@@H](CN2CCCCC2)[C@@H](CO)C1. The maximum Gasteiger partial charge on any atom is 0.227 e. The van der Waals surface area contributed by atoms with Gasteiger partial charge in [0, 0.05) is 37.2 Å². The zero-order valence-corrected chi connectivity index (χ0v) is 14.9. The predicted octanol–water partition coefficient (Wildman–Crippen LogP) is 2.44. The van der Waals surface area contributed by atoms with Gasteiger partial charge in [-0.05, 0) is 49.5 Å². The second-order valence-corrected chi connectivity index (χ2v) is 7.60. The van der Waals surface area contributed by atoms with Crippen molar-refractivity contribution in [2.24, 2.45) is 11.8 Å². The van der Waals surface area contributed by atoms with Crippen molar-refractivity contribution in [3.63, 3.8) is 0 Å². The molecule has 2 fully saturated rings. The Hall–Kier alpha value is -1.10. The molecule has 2 aliphatic heterocycles. The van der Waals surface area contributed by atoms with Crippen molar-refractivity contribution in [3.8, 4) is 0 Å². The Bertz CT molecular complexity index is 543. The highest BCUT2D eigenvalue weighted by Crippen LogP contribution is 2.26. The van der Waals surface area contributed by atoms with E-state index in [0.717, 1.165) is 31.7 Å². The quantitative estimate of drug-likeness (QED) is 0.887. The van der Waals surface area contributed by atoms with Gasteiger partial charge in [-0.3, -0.25) is 4.79 Å². The molecule has 0 unspecified atom stereocenters. The van der Waals surface area contributed by atoms with Gasteiger partial charge in [0.15, 0.2) is 0 Å². The van der Waals surface area contributed by atoms with Crippen LogP contribution in [-0.2, 0) is 11.2 Å². The number of benzene rings is 1. The highest BCUT2D eigenvalue weighted by Gasteiger charge is 2.35. The Morgan fingerprint density at radius 1 is 1.08 bits per heavy atom. The van der Waals surface area contributed by atoms with Crippen LogP contribution in [0.15, 0.2) is 24.3 Å². The van der Waals surface area contributed by atoms with Crippen molar-refractivity contribution in [3.05, 3.63) is 34.9 Å². The Morgan fingerprint density at radius 2 is 1.75 bits per heavy atom. The number of carbonyl (C=O) groups excluding carboxylic acids is 1. The van der Waals surface area contributed by atoms with Gasteiger partial charge < -0.3 is 14.9 Å². The first-order valence-electron chi connectivity index (χ1n) is 9.01. The van der Waals surface area contributed by atoms with E-state index in [0.29, 0.717) is 23.9 Å². The summed E-state index contributed by atoms with van der Waals surface area (Å²) in [5.74, 6) is 0.750. The topological polar surface area (TPSA) is 43.8 Å². The summed E-state index contributed by atoms with van der Waals surface area (Å²) in [6.07, 6.45) is 4.29. The Balaban J connectivity index is 1.56. The molecule has 0 spiro atoms. The molecule has 0 aliphatic carbocycles. The first kappa shape index (κ1) is 17.7. The highest BCUT2D eigenvalue weighted by atomic mass is 35.5. The summed E-state index contributed by atoms with van der Waals surface area (Å²) in [5, 5.41) is 10.4. The van der Waals surface area contributed by atoms with Gasteiger partial charge in [0.2, 0.25) is 5.91 Å². The molecule has 1 amide bonds. The first-order valence-corrected chi connectivity index (χ1v) is 9.39. The molecule has 1 N–H and O–H groups in total. The molecule has 24 heavy (non-hydrogen) atoms. The van der Waals surface area contributed by atoms with Crippen LogP contribution in [0.3, 0.4) is 0 Å². The van der Waals surface area contributed by atoms with E-state index in [9.17, 15) is 9.90 Å². The number of amides is 1. The lowest BCUT2D eigenvalue weighted by atomic mass is 9.95. The number of aliphatic hydroxyl groups is 1. The summed E-state index contributed by atoms with van der Waals surface area (Å²) in [6, 6.07) is 7.46. The summed E-state index contributed by atoms with van der Waals surface area (Å²) in [5.41, 5.74) is 0.990. The van der Waals surface area contributed by atoms with Crippen molar-refractivity contribution in [2.45, 2.75) is 25.7 Å². The molecule has 1 aromatic carbocycles. The average molecular weight is 351 g/mol. The zero-order valence-electron chi connectivity index (χ0n) is 14.2. The molecular formula is C19H27ClN2O2. The Labute approximate surface area is 149 Å². The van der Waals surface area contributed by atoms with Gasteiger partial charge in [0.05, 0.1) is 6.42 Å². The number of carbonyl (C=O) groups is 1. The van der Waals surface area contributed by atoms with E-state index in [1.165, 1.54) is 19.3 Å². The number of aliphatic hydroxyl groups excluding tert-OH is 1. The minimum Gasteiger partial charge on any atom is -0.396 e. The van der Waals surface area contributed by atoms with Gasteiger partial charge in [-0.1, -0.05) is 30.2 Å². The molecular weight excluding hydrogens is 324 g/mol. The minimum absolute atomic E-state index is 0.150. The van der Waals surface area contributed by atoms with Crippen LogP contribution in [0.4, 0.5) is 0 Å². The van der Waals surface area contributed by atoms with Crippen LogP contribution in [0.2, 0.25) is 5.02 Å². The number of hydrogen-bond acceptors (Lipinski definition) is 3. The normalized spacial score (nSPS) is 25.2. The molecule has 2 atom stereocenters. The fourth-order valence-corrected chi connectivity index (χ4v) is 4.04. The minimum atomic E-state index is 0.150. The maximum atomic E-state index is 12.6. The first-order chi connectivity index (χ1) is 11.7. The van der Waals surface area contributed by atoms with Crippen LogP contribution in [0.5, 0.6) is 0 Å². The predicted molar refractivity (Wildman–Crippen MR) is 96.1 cm³/mol. The fourth-order valence-electron chi connectivity index (χ4n) is 3.92. The molecule has 0 radical (unpaired) electrons. The smallest absolute Gasteiger partial charge is 0.227 e. The summed E-state index contributed by atoms with van der Waals surface area (Å²) in [6.45, 7) is 4.95. The van der Waals surface area contributed by atoms with Gasteiger partial charge in [-0.25, -0.2) is 0 Å². The van der Waals surface area contributed by atoms with Crippen LogP contribution < -0.4 is 0 Å². The standard InChI is InChI=1S/C19H27ClN2O2/c20-18-6-4-15(5-7-18)10-19(24)22-12-16(17(13-22)14-23)11-21-8-2-1-3-9-21/h4-7,16-17,23H,1-3,8-14H2/t16-,17-/m1/s1. The summed E-state index contributed by atoms with van der Waals surface area (Å²) in [7, 11) is 0. The Morgan fingerprint density at radius 3 is 2.42 bits per heavy atom. The lowest BCUT2D eigenvalue weighted by molar-refractivity contribution is -0.129. The third kappa shape index (κ3) is 4.50. The number of piperidine rings is 1. The molecule has 4 nitrogen and oxygen atoms in total. The molecule has 2 saturated heterocycles. The number of hydrogen-bond donors (Lipinski definition) is 1. The van der Waals surface area contributed by atoms with Crippen molar-refractivity contribution in [1.29, 1.82) is 0 Å². The van der Waals surface area contributed by atoms with Crippen molar-refractivity contribution < 1.29 is 9.90 Å². The lowest BCUT2D eigenvalue weighted by Gasteiger charge is -2.30. The van der Waals surface area contributed by atoms with Crippen molar-refractivity contribution in [1.82, 2.24) is 9.80 Å². The second kappa shape index (κ2) is 8.32. The van der Waals surface area contributed by atoms with Crippen LogP contribution in [-0.4, -0.2) is 60.1 Å². The van der Waals surface area contributed by atoms with Crippen LogP contribution in [0.1, 0.15) is 24.8 Å². The second-order valence-electron chi connectivity index (χ2n) is 7.17. The molecule has 2 aliphatic rings. The van der Waals surface area contributed by atoms with Crippen LogP contribution in [0.25, 0.3) is 0 Å². The van der Waals surface area contributed by atoms with E-state index in [2.05, 4.69) is 4.90 Å². The molecule has 0 bridgehead atoms. The highest BCUT2D eigenvalue weighted by molar-refractivity contribution is 6.30. The van der Waals surface area contributed by atoms with E-state index >= 15 is 0 Å². The number of rotatable bonds is 5. The number of likely N-dealkylation sites (tertiary alicyclic amines) is 2. The van der Waals surface area contributed by atoms with Gasteiger partial charge in [0.25, 0.3) is 0 Å². The third-order valence-electron chi connectivity index (χ3n) is 5.37. The van der Waals surface area contributed by atoms with E-state index in [1.807, 2.05) is 29.2 Å². The van der Waals surface area contributed by atoms with Gasteiger partial charge in [-0.2, -0.15) is 0 Å². The maximum absolute atomic E-state index is 12.6. The molecule has 1 aromatic rings. The molecule has 5 heteroatoms. The van der Waals surface area contributed by atoms with Crippen LogP contribution >= 0.6 is 11.6 Å². The molecule has 132 valence electrons. The van der Waals surface area contributed by atoms with Crippen molar-refractivity contribution >= 4 is 17.5 Å². The molecule has 0 saturated carbocycles. The fraction of sp³-hybridized carbons (Fsp3) is 0.632. The third-order valence-corrected chi connectivity index (χ3v) is 5.63. The van der Waals surface area contributed by atoms with E-state index in [4.69, 9.17) is 11.6 Å². The molecule has 3 rings (SSSR count). The van der Waals surface area contributed by atoms with Gasteiger partial charge in [0.1, 0.15) is 0 Å². The van der Waals surface area contributed by atoms with E-state index in [-0.39, 0.29) is 18.4 Å². The Kier molecular flexibility index (Phi) is 6.14.